The number of carbonyl (C=O) groups is 2. The Balaban J connectivity index is 1.89. The molecule has 2 atom stereocenters. The molecular weight excluding hydrogens is 365 g/mol. The summed E-state index contributed by atoms with van der Waals surface area (Å²) in [6, 6.07) is 9.44. The van der Waals surface area contributed by atoms with Gasteiger partial charge < -0.3 is 0 Å². The summed E-state index contributed by atoms with van der Waals surface area (Å²) in [4.78, 5) is 26.3. The van der Waals surface area contributed by atoms with Crippen molar-refractivity contribution in [2.45, 2.75) is 19.8 Å². The number of Topliss-reactive ketones (excluding diaryl/α,β-unsaturated/α-hetero) is 1. The standard InChI is InChI=1S/C20H22NO3PS/c1-15-5-7-17(8-6-15)18(22)20(10-3-4-16-9-13-26-14-16)11-12-21(19(20)23)24-25-2/h3-9,13-14,25H,10-12H2,1-2H3/b4-3+/t20-/m0/s1. The molecule has 1 aromatic heterocycles. The normalized spacial score (nSPS) is 20.7. The van der Waals surface area contributed by atoms with Gasteiger partial charge >= 0.3 is 0 Å². The van der Waals surface area contributed by atoms with E-state index in [1.165, 1.54) is 5.06 Å². The molecule has 2 aromatic rings. The molecule has 136 valence electrons. The number of ketones is 1. The first-order chi connectivity index (χ1) is 12.6. The summed E-state index contributed by atoms with van der Waals surface area (Å²) in [7, 11) is 0.173. The molecule has 0 saturated carbocycles. The predicted molar refractivity (Wildman–Crippen MR) is 108 cm³/mol. The van der Waals surface area contributed by atoms with Crippen molar-refractivity contribution in [3.8, 4) is 0 Å². The summed E-state index contributed by atoms with van der Waals surface area (Å²) in [5, 5.41) is 5.41. The smallest absolute Gasteiger partial charge is 0.260 e. The first-order valence-corrected chi connectivity index (χ1v) is 10.9. The molecule has 0 spiro atoms. The molecule has 1 unspecified atom stereocenters. The number of aryl methyl sites for hydroxylation is 1. The Morgan fingerprint density at radius 2 is 2.12 bits per heavy atom. The molecule has 0 N–H and O–H groups in total. The molecule has 1 aromatic carbocycles. The van der Waals surface area contributed by atoms with Crippen LogP contribution in [0.4, 0.5) is 0 Å². The van der Waals surface area contributed by atoms with E-state index in [4.69, 9.17) is 4.62 Å². The highest BCUT2D eigenvalue weighted by molar-refractivity contribution is 7.31. The maximum atomic E-state index is 13.3. The average molecular weight is 387 g/mol. The van der Waals surface area contributed by atoms with E-state index in [0.717, 1.165) is 11.1 Å². The zero-order valence-electron chi connectivity index (χ0n) is 14.9. The third-order valence-electron chi connectivity index (χ3n) is 4.65. The van der Waals surface area contributed by atoms with Crippen molar-refractivity contribution < 1.29 is 14.2 Å². The zero-order valence-corrected chi connectivity index (χ0v) is 16.7. The first-order valence-electron chi connectivity index (χ1n) is 8.53. The lowest BCUT2D eigenvalue weighted by molar-refractivity contribution is -0.153. The highest BCUT2D eigenvalue weighted by Crippen LogP contribution is 2.40. The summed E-state index contributed by atoms with van der Waals surface area (Å²) in [6.45, 7) is 4.29. The van der Waals surface area contributed by atoms with Crippen molar-refractivity contribution in [3.63, 3.8) is 0 Å². The molecule has 1 fully saturated rings. The highest BCUT2D eigenvalue weighted by atomic mass is 32.1. The molecule has 1 saturated heterocycles. The monoisotopic (exact) mass is 387 g/mol. The number of hydrogen-bond donors (Lipinski definition) is 0. The van der Waals surface area contributed by atoms with Crippen molar-refractivity contribution in [2.24, 2.45) is 5.41 Å². The fourth-order valence-electron chi connectivity index (χ4n) is 3.18. The average Bonchev–Trinajstić information content (AvgIpc) is 3.26. The Morgan fingerprint density at radius 3 is 2.77 bits per heavy atom. The van der Waals surface area contributed by atoms with Crippen molar-refractivity contribution in [1.82, 2.24) is 5.06 Å². The Kier molecular flexibility index (Phi) is 6.02. The van der Waals surface area contributed by atoms with Crippen LogP contribution in [0.5, 0.6) is 0 Å². The molecule has 0 bridgehead atoms. The number of carbonyl (C=O) groups excluding carboxylic acids is 2. The fraction of sp³-hybridized carbons (Fsp3) is 0.300. The molecule has 1 aliphatic heterocycles. The summed E-state index contributed by atoms with van der Waals surface area (Å²) in [6.07, 6.45) is 4.75. The van der Waals surface area contributed by atoms with Gasteiger partial charge in [0, 0.05) is 14.4 Å². The number of amides is 1. The quantitative estimate of drug-likeness (QED) is 0.392. The second-order valence-corrected chi connectivity index (χ2v) is 7.76. The zero-order chi connectivity index (χ0) is 18.6. The van der Waals surface area contributed by atoms with Crippen molar-refractivity contribution >= 4 is 37.9 Å². The van der Waals surface area contributed by atoms with E-state index in [1.54, 1.807) is 23.5 Å². The first kappa shape index (κ1) is 19.0. The molecule has 1 amide bonds. The Hall–Kier alpha value is -1.81. The van der Waals surface area contributed by atoms with Gasteiger partial charge in [-0.3, -0.25) is 14.2 Å². The molecule has 26 heavy (non-hydrogen) atoms. The lowest BCUT2D eigenvalue weighted by Crippen LogP contribution is -2.39. The highest BCUT2D eigenvalue weighted by Gasteiger charge is 2.52. The van der Waals surface area contributed by atoms with Gasteiger partial charge in [0.05, 0.1) is 6.54 Å². The minimum absolute atomic E-state index is 0.122. The number of allylic oxidation sites excluding steroid dienone is 1. The van der Waals surface area contributed by atoms with Gasteiger partial charge in [0.1, 0.15) is 5.41 Å². The van der Waals surface area contributed by atoms with E-state index in [2.05, 4.69) is 0 Å². The van der Waals surface area contributed by atoms with Crippen LogP contribution in [0.25, 0.3) is 6.08 Å². The predicted octanol–water partition coefficient (Wildman–Crippen LogP) is 4.72. The van der Waals surface area contributed by atoms with E-state index in [9.17, 15) is 9.59 Å². The molecule has 1 aliphatic rings. The molecule has 4 nitrogen and oxygen atoms in total. The van der Waals surface area contributed by atoms with E-state index in [1.807, 2.05) is 54.7 Å². The van der Waals surface area contributed by atoms with Gasteiger partial charge in [-0.25, -0.2) is 5.06 Å². The van der Waals surface area contributed by atoms with Gasteiger partial charge in [0.15, 0.2) is 5.78 Å². The SMILES string of the molecule is CPON1CC[C@@](C/C=C/c2ccsc2)(C(=O)c2ccc(C)cc2)C1=O. The van der Waals surface area contributed by atoms with Gasteiger partial charge in [0.25, 0.3) is 5.91 Å². The Labute approximate surface area is 159 Å². The number of hydrogen-bond acceptors (Lipinski definition) is 4. The van der Waals surface area contributed by atoms with Crippen LogP contribution in [0.15, 0.2) is 47.2 Å². The third kappa shape index (κ3) is 3.80. The summed E-state index contributed by atoms with van der Waals surface area (Å²) in [5.74, 6) is -0.351. The molecule has 0 aliphatic carbocycles. The third-order valence-corrected chi connectivity index (χ3v) is 5.75. The largest absolute Gasteiger partial charge is 0.293 e. The molecular formula is C20H22NO3PS. The van der Waals surface area contributed by atoms with Crippen molar-refractivity contribution in [1.29, 1.82) is 0 Å². The Morgan fingerprint density at radius 1 is 1.35 bits per heavy atom. The van der Waals surface area contributed by atoms with Gasteiger partial charge in [-0.15, -0.1) is 0 Å². The molecule has 2 heterocycles. The number of rotatable bonds is 7. The summed E-state index contributed by atoms with van der Waals surface area (Å²) in [5.41, 5.74) is 1.67. The van der Waals surface area contributed by atoms with E-state index >= 15 is 0 Å². The number of nitrogens with zero attached hydrogens (tertiary/aromatic N) is 1. The van der Waals surface area contributed by atoms with Crippen LogP contribution in [-0.2, 0) is 9.42 Å². The lowest BCUT2D eigenvalue weighted by atomic mass is 9.76. The maximum Gasteiger partial charge on any atom is 0.260 e. The van der Waals surface area contributed by atoms with Gasteiger partial charge in [-0.05, 0) is 48.8 Å². The van der Waals surface area contributed by atoms with Crippen molar-refractivity contribution in [2.75, 3.05) is 13.2 Å². The number of thiophene rings is 1. The van der Waals surface area contributed by atoms with Gasteiger partial charge in [-0.1, -0.05) is 42.0 Å². The van der Waals surface area contributed by atoms with Crippen LogP contribution < -0.4 is 0 Å². The topological polar surface area (TPSA) is 46.6 Å². The minimum atomic E-state index is -1.08. The number of hydroxylamine groups is 2. The lowest BCUT2D eigenvalue weighted by Gasteiger charge is -2.25. The number of benzene rings is 1. The van der Waals surface area contributed by atoms with Crippen LogP contribution in [-0.4, -0.2) is 30.0 Å². The van der Waals surface area contributed by atoms with Gasteiger partial charge in [0.2, 0.25) is 0 Å². The summed E-state index contributed by atoms with van der Waals surface area (Å²) < 4.78 is 5.46. The van der Waals surface area contributed by atoms with Crippen LogP contribution in [0.2, 0.25) is 0 Å². The van der Waals surface area contributed by atoms with Crippen LogP contribution in [0.3, 0.4) is 0 Å². The molecule has 6 heteroatoms. The van der Waals surface area contributed by atoms with Crippen LogP contribution in [0.1, 0.15) is 34.3 Å². The summed E-state index contributed by atoms with van der Waals surface area (Å²) >= 11 is 1.62. The van der Waals surface area contributed by atoms with Crippen LogP contribution in [0, 0.1) is 12.3 Å². The molecule has 3 rings (SSSR count). The maximum absolute atomic E-state index is 13.3. The Bertz CT molecular complexity index is 801. The van der Waals surface area contributed by atoms with Crippen molar-refractivity contribution in [3.05, 3.63) is 63.9 Å². The molecule has 0 radical (unpaired) electrons. The van der Waals surface area contributed by atoms with E-state index in [0.29, 0.717) is 24.9 Å². The fourth-order valence-corrected chi connectivity index (χ4v) is 4.20. The van der Waals surface area contributed by atoms with Gasteiger partial charge in [-0.2, -0.15) is 11.3 Å². The second-order valence-electron chi connectivity index (χ2n) is 6.39. The van der Waals surface area contributed by atoms with Crippen LogP contribution >= 0.6 is 20.1 Å². The van der Waals surface area contributed by atoms with E-state index in [-0.39, 0.29) is 20.5 Å². The second kappa shape index (κ2) is 8.26. The van der Waals surface area contributed by atoms with E-state index < -0.39 is 5.41 Å². The minimum Gasteiger partial charge on any atom is -0.293 e.